The van der Waals surface area contributed by atoms with Gasteiger partial charge in [-0.15, -0.1) is 0 Å². The van der Waals surface area contributed by atoms with Crippen molar-refractivity contribution in [3.05, 3.63) is 59.5 Å². The monoisotopic (exact) mass is 471 g/mol. The molecule has 34 heavy (non-hydrogen) atoms. The van der Waals surface area contributed by atoms with E-state index in [1.807, 2.05) is 5.32 Å². The van der Waals surface area contributed by atoms with E-state index in [1.165, 1.54) is 17.0 Å². The summed E-state index contributed by atoms with van der Waals surface area (Å²) in [6, 6.07) is 7.75. The number of hydrogen-bond donors (Lipinski definition) is 2. The molecule has 0 radical (unpaired) electrons. The van der Waals surface area contributed by atoms with E-state index in [2.05, 4.69) is 15.1 Å². The van der Waals surface area contributed by atoms with Crippen LogP contribution in [0.15, 0.2) is 36.5 Å². The predicted octanol–water partition coefficient (Wildman–Crippen LogP) is 2.56. The number of cyclic esters (lactones) is 1. The number of rotatable bonds is 6. The van der Waals surface area contributed by atoms with Gasteiger partial charge in [-0.05, 0) is 24.3 Å². The Morgan fingerprint density at radius 2 is 2.09 bits per heavy atom. The maximum Gasteiger partial charge on any atom is 0.414 e. The van der Waals surface area contributed by atoms with E-state index in [-0.39, 0.29) is 36.2 Å². The van der Waals surface area contributed by atoms with Gasteiger partial charge >= 0.3 is 12.5 Å². The third-order valence-corrected chi connectivity index (χ3v) is 6.75. The molecule has 1 aromatic heterocycles. The van der Waals surface area contributed by atoms with Crippen LogP contribution in [0.5, 0.6) is 0 Å². The normalized spacial score (nSPS) is 27.3. The van der Waals surface area contributed by atoms with E-state index in [0.717, 1.165) is 13.1 Å². The van der Waals surface area contributed by atoms with Crippen LogP contribution < -0.4 is 15.5 Å². The van der Waals surface area contributed by atoms with Gasteiger partial charge in [-0.3, -0.25) is 14.7 Å². The van der Waals surface area contributed by atoms with E-state index >= 15 is 0 Å². The third-order valence-electron chi connectivity index (χ3n) is 6.75. The van der Waals surface area contributed by atoms with Crippen LogP contribution in [-0.4, -0.2) is 55.7 Å². The molecule has 1 unspecified atom stereocenters. The number of aromatic nitrogens is 1. The number of alkyl halides is 2. The van der Waals surface area contributed by atoms with Gasteiger partial charge in [0.15, 0.2) is 0 Å². The Hall–Kier alpha value is -3.65. The van der Waals surface area contributed by atoms with Crippen LogP contribution in [0.25, 0.3) is 16.0 Å². The fourth-order valence-electron chi connectivity index (χ4n) is 4.94. The molecule has 176 valence electrons. The first kappa shape index (κ1) is 22.2. The number of anilines is 1. The maximum atomic E-state index is 15.0. The Bertz CT molecular complexity index is 1170. The highest BCUT2D eigenvalue weighted by Gasteiger charge is 2.76. The minimum atomic E-state index is -3.16. The number of pyridine rings is 1. The molecule has 2 aromatic rings. The van der Waals surface area contributed by atoms with Crippen LogP contribution in [0, 0.1) is 24.2 Å². The number of nitrogens with one attached hydrogen (secondary N) is 2. The second kappa shape index (κ2) is 8.29. The molecule has 1 aliphatic carbocycles. The molecule has 2 amide bonds. The largest absolute Gasteiger partial charge is 0.442 e. The smallest absolute Gasteiger partial charge is 0.414 e. The summed E-state index contributed by atoms with van der Waals surface area (Å²) in [7, 11) is 0. The summed E-state index contributed by atoms with van der Waals surface area (Å²) in [5.41, 5.74) is 1.17. The Kier molecular flexibility index (Phi) is 5.40. The SMILES string of the molecule is [C-]#[N+]C1(c2ccc(-c3ccc(N4C[C@H](CNC(=O)C(F)F)OC4=O)cc3F)cn2)[C@@H]2CNC[C@@H]21. The van der Waals surface area contributed by atoms with E-state index < -0.39 is 35.9 Å². The average molecular weight is 471 g/mol. The standard InChI is InChI=1S/C23H20F3N5O3/c1-27-23(16-9-28-10-17(16)23)19-5-2-12(7-29-19)15-4-3-13(6-18(15)24)31-11-14(34-22(31)33)8-30-21(32)20(25)26/h2-7,14,16-17,20,28H,8-11H2,(H,30,32)/t14-,16-,17+,23?/m0/s1. The molecule has 2 N–H and O–H groups in total. The molecule has 0 spiro atoms. The highest BCUT2D eigenvalue weighted by Crippen LogP contribution is 2.62. The number of hydrogen-bond acceptors (Lipinski definition) is 5. The second-order valence-electron chi connectivity index (χ2n) is 8.57. The highest BCUT2D eigenvalue weighted by molar-refractivity contribution is 5.90. The number of nitrogens with zero attached hydrogens (tertiary/aromatic N) is 3. The van der Waals surface area contributed by atoms with Crippen molar-refractivity contribution in [2.24, 2.45) is 11.8 Å². The number of piperidine rings is 1. The summed E-state index contributed by atoms with van der Waals surface area (Å²) in [5, 5.41) is 5.27. The zero-order valence-corrected chi connectivity index (χ0v) is 17.8. The number of amides is 2. The molecule has 3 heterocycles. The van der Waals surface area contributed by atoms with E-state index in [9.17, 15) is 22.8 Å². The molecule has 2 saturated heterocycles. The van der Waals surface area contributed by atoms with Crippen molar-refractivity contribution in [2.45, 2.75) is 18.1 Å². The zero-order valence-electron chi connectivity index (χ0n) is 17.8. The van der Waals surface area contributed by atoms with Crippen molar-refractivity contribution in [1.82, 2.24) is 15.6 Å². The summed E-state index contributed by atoms with van der Waals surface area (Å²) < 4.78 is 44.6. The Labute approximate surface area is 192 Å². The molecule has 11 heteroatoms. The fourth-order valence-corrected chi connectivity index (χ4v) is 4.94. The van der Waals surface area contributed by atoms with Crippen LogP contribution in [0.4, 0.5) is 23.7 Å². The van der Waals surface area contributed by atoms with Gasteiger partial charge in [0.05, 0.1) is 30.6 Å². The maximum absolute atomic E-state index is 15.0. The van der Waals surface area contributed by atoms with Gasteiger partial charge in [-0.1, -0.05) is 6.07 Å². The molecule has 8 nitrogen and oxygen atoms in total. The fraction of sp³-hybridized carbons (Fsp3) is 0.391. The van der Waals surface area contributed by atoms with Crippen molar-refractivity contribution in [3.63, 3.8) is 0 Å². The van der Waals surface area contributed by atoms with E-state index in [1.54, 1.807) is 24.4 Å². The predicted molar refractivity (Wildman–Crippen MR) is 114 cm³/mol. The molecule has 0 bridgehead atoms. The van der Waals surface area contributed by atoms with Crippen molar-refractivity contribution >= 4 is 17.7 Å². The molecular formula is C23H20F3N5O3. The number of carbonyl (C=O) groups excluding carboxylic acids is 2. The quantitative estimate of drug-likeness (QED) is 0.633. The first-order valence-electron chi connectivity index (χ1n) is 10.7. The van der Waals surface area contributed by atoms with Gasteiger partial charge in [-0.2, -0.15) is 8.78 Å². The summed E-state index contributed by atoms with van der Waals surface area (Å²) in [5.74, 6) is -1.52. The first-order chi connectivity index (χ1) is 16.3. The van der Waals surface area contributed by atoms with Gasteiger partial charge in [0, 0.05) is 30.4 Å². The summed E-state index contributed by atoms with van der Waals surface area (Å²) in [6.07, 6.45) is -3.20. The number of carbonyl (C=O) groups is 2. The lowest BCUT2D eigenvalue weighted by Gasteiger charge is -2.15. The molecule has 4 atom stereocenters. The Morgan fingerprint density at radius 3 is 2.71 bits per heavy atom. The molecule has 1 aromatic carbocycles. The van der Waals surface area contributed by atoms with Crippen molar-refractivity contribution in [3.8, 4) is 11.1 Å². The van der Waals surface area contributed by atoms with Crippen LogP contribution in [0.3, 0.4) is 0 Å². The summed E-state index contributed by atoms with van der Waals surface area (Å²) in [4.78, 5) is 32.7. The van der Waals surface area contributed by atoms with Crippen LogP contribution in [-0.2, 0) is 15.1 Å². The lowest BCUT2D eigenvalue weighted by atomic mass is 10.0. The van der Waals surface area contributed by atoms with Crippen molar-refractivity contribution in [1.29, 1.82) is 0 Å². The topological polar surface area (TPSA) is 87.9 Å². The van der Waals surface area contributed by atoms with Gasteiger partial charge in [-0.25, -0.2) is 15.8 Å². The summed E-state index contributed by atoms with van der Waals surface area (Å²) in [6.45, 7) is 8.96. The third kappa shape index (κ3) is 3.54. The molecule has 2 aliphatic heterocycles. The van der Waals surface area contributed by atoms with Crippen molar-refractivity contribution in [2.75, 3.05) is 31.1 Å². The molecule has 3 aliphatic rings. The lowest BCUT2D eigenvalue weighted by molar-refractivity contribution is -0.132. The highest BCUT2D eigenvalue weighted by atomic mass is 19.3. The summed E-state index contributed by atoms with van der Waals surface area (Å²) >= 11 is 0. The Balaban J connectivity index is 1.28. The van der Waals surface area contributed by atoms with E-state index in [4.69, 9.17) is 11.3 Å². The molecule has 3 fully saturated rings. The minimum Gasteiger partial charge on any atom is -0.442 e. The minimum absolute atomic E-state index is 0.0205. The first-order valence-corrected chi connectivity index (χ1v) is 10.7. The van der Waals surface area contributed by atoms with Gasteiger partial charge < -0.3 is 20.2 Å². The number of ether oxygens (including phenoxy) is 1. The number of fused-ring (bicyclic) bond motifs is 1. The van der Waals surface area contributed by atoms with Gasteiger partial charge in [0.2, 0.25) is 0 Å². The number of benzene rings is 1. The van der Waals surface area contributed by atoms with E-state index in [0.29, 0.717) is 11.3 Å². The van der Waals surface area contributed by atoms with Crippen LogP contribution >= 0.6 is 0 Å². The zero-order chi connectivity index (χ0) is 24.0. The number of halogens is 3. The molecule has 5 rings (SSSR count). The molecule has 1 saturated carbocycles. The van der Waals surface area contributed by atoms with Crippen molar-refractivity contribution < 1.29 is 27.5 Å². The Morgan fingerprint density at radius 1 is 1.32 bits per heavy atom. The molecular weight excluding hydrogens is 451 g/mol. The second-order valence-corrected chi connectivity index (χ2v) is 8.57. The van der Waals surface area contributed by atoms with Crippen LogP contribution in [0.1, 0.15) is 5.69 Å². The van der Waals surface area contributed by atoms with Crippen LogP contribution in [0.2, 0.25) is 0 Å². The van der Waals surface area contributed by atoms with Gasteiger partial charge in [0.1, 0.15) is 17.6 Å². The average Bonchev–Trinajstić information content (AvgIpc) is 3.12. The van der Waals surface area contributed by atoms with Gasteiger partial charge in [0.25, 0.3) is 11.4 Å². The lowest BCUT2D eigenvalue weighted by Crippen LogP contribution is -2.37.